The minimum absolute atomic E-state index is 0.0496. The molecule has 116 valence electrons. The summed E-state index contributed by atoms with van der Waals surface area (Å²) < 4.78 is 5.01. The van der Waals surface area contributed by atoms with Crippen molar-refractivity contribution in [1.29, 1.82) is 0 Å². The summed E-state index contributed by atoms with van der Waals surface area (Å²) in [6.07, 6.45) is 2.16. The van der Waals surface area contributed by atoms with E-state index in [9.17, 15) is 9.59 Å². The van der Waals surface area contributed by atoms with Gasteiger partial charge in [0.25, 0.3) is 0 Å². The van der Waals surface area contributed by atoms with Gasteiger partial charge in [0, 0.05) is 33.3 Å². The minimum Gasteiger partial charge on any atom is -0.481 e. The van der Waals surface area contributed by atoms with E-state index in [1.54, 1.807) is 7.11 Å². The third kappa shape index (κ3) is 6.34. The van der Waals surface area contributed by atoms with Gasteiger partial charge in [-0.2, -0.15) is 0 Å². The first-order valence-corrected chi connectivity index (χ1v) is 7.23. The highest BCUT2D eigenvalue weighted by Crippen LogP contribution is 2.16. The molecule has 0 spiro atoms. The molecule has 0 aliphatic carbocycles. The second kappa shape index (κ2) is 8.92. The molecule has 1 N–H and O–H groups in total. The SMILES string of the molecule is COCCN(CCC(=O)O)CC(=O)N1CCC(C)CC1. The van der Waals surface area contributed by atoms with Crippen molar-refractivity contribution in [3.8, 4) is 0 Å². The number of carbonyl (C=O) groups is 2. The van der Waals surface area contributed by atoms with Crippen LogP contribution < -0.4 is 0 Å². The van der Waals surface area contributed by atoms with Crippen LogP contribution in [0.25, 0.3) is 0 Å². The number of hydrogen-bond donors (Lipinski definition) is 1. The van der Waals surface area contributed by atoms with Gasteiger partial charge in [0.15, 0.2) is 0 Å². The van der Waals surface area contributed by atoms with Crippen molar-refractivity contribution in [1.82, 2.24) is 9.80 Å². The number of aliphatic carboxylic acids is 1. The van der Waals surface area contributed by atoms with Gasteiger partial charge in [-0.05, 0) is 18.8 Å². The summed E-state index contributed by atoms with van der Waals surface area (Å²) in [5, 5.41) is 8.75. The monoisotopic (exact) mass is 286 g/mol. The fourth-order valence-corrected chi connectivity index (χ4v) is 2.29. The van der Waals surface area contributed by atoms with Crippen molar-refractivity contribution in [3.63, 3.8) is 0 Å². The molecule has 6 heteroatoms. The maximum Gasteiger partial charge on any atom is 0.304 e. The van der Waals surface area contributed by atoms with E-state index in [0.29, 0.717) is 25.6 Å². The molecule has 1 saturated heterocycles. The average Bonchev–Trinajstić information content (AvgIpc) is 2.42. The van der Waals surface area contributed by atoms with E-state index in [-0.39, 0.29) is 18.9 Å². The molecule has 1 amide bonds. The normalized spacial score (nSPS) is 16.6. The van der Waals surface area contributed by atoms with Gasteiger partial charge in [-0.25, -0.2) is 0 Å². The highest BCUT2D eigenvalue weighted by Gasteiger charge is 2.22. The van der Waals surface area contributed by atoms with Crippen molar-refractivity contribution >= 4 is 11.9 Å². The molecular weight excluding hydrogens is 260 g/mol. The lowest BCUT2D eigenvalue weighted by molar-refractivity contribution is -0.139. The number of hydrogen-bond acceptors (Lipinski definition) is 4. The molecular formula is C14H26N2O4. The lowest BCUT2D eigenvalue weighted by Gasteiger charge is -2.32. The van der Waals surface area contributed by atoms with Crippen molar-refractivity contribution in [2.24, 2.45) is 5.92 Å². The first kappa shape index (κ1) is 16.9. The van der Waals surface area contributed by atoms with Crippen LogP contribution in [0.5, 0.6) is 0 Å². The number of carbonyl (C=O) groups excluding carboxylic acids is 1. The summed E-state index contributed by atoms with van der Waals surface area (Å²) in [6.45, 7) is 5.59. The zero-order valence-electron chi connectivity index (χ0n) is 12.5. The topological polar surface area (TPSA) is 70.1 Å². The predicted molar refractivity (Wildman–Crippen MR) is 75.5 cm³/mol. The van der Waals surface area contributed by atoms with Crippen LogP contribution in [0.15, 0.2) is 0 Å². The number of carboxylic acids is 1. The Balaban J connectivity index is 2.41. The van der Waals surface area contributed by atoms with Gasteiger partial charge in [0.05, 0.1) is 19.6 Å². The largest absolute Gasteiger partial charge is 0.481 e. The molecule has 1 fully saturated rings. The Hall–Kier alpha value is -1.14. The Morgan fingerprint density at radius 1 is 1.30 bits per heavy atom. The standard InChI is InChI=1S/C14H26N2O4/c1-12-3-7-16(8-4-12)13(17)11-15(9-10-20-2)6-5-14(18)19/h12H,3-11H2,1-2H3,(H,18,19). The van der Waals surface area contributed by atoms with E-state index in [0.717, 1.165) is 25.9 Å². The van der Waals surface area contributed by atoms with E-state index in [1.807, 2.05) is 9.80 Å². The Kier molecular flexibility index (Phi) is 7.54. The second-order valence-electron chi connectivity index (χ2n) is 5.48. The summed E-state index contributed by atoms with van der Waals surface area (Å²) >= 11 is 0. The van der Waals surface area contributed by atoms with Crippen LogP contribution in [0, 0.1) is 5.92 Å². The highest BCUT2D eigenvalue weighted by atomic mass is 16.5. The fourth-order valence-electron chi connectivity index (χ4n) is 2.29. The molecule has 0 aromatic carbocycles. The van der Waals surface area contributed by atoms with Gasteiger partial charge in [-0.15, -0.1) is 0 Å². The van der Waals surface area contributed by atoms with Gasteiger partial charge in [0.1, 0.15) is 0 Å². The Morgan fingerprint density at radius 2 is 1.95 bits per heavy atom. The lowest BCUT2D eigenvalue weighted by Crippen LogP contribution is -2.45. The molecule has 1 heterocycles. The van der Waals surface area contributed by atoms with Gasteiger partial charge < -0.3 is 14.7 Å². The molecule has 0 unspecified atom stereocenters. The van der Waals surface area contributed by atoms with Crippen LogP contribution in [0.4, 0.5) is 0 Å². The Labute approximate surface area is 120 Å². The van der Waals surface area contributed by atoms with E-state index in [1.165, 1.54) is 0 Å². The van der Waals surface area contributed by atoms with Gasteiger partial charge in [-0.3, -0.25) is 14.5 Å². The second-order valence-corrected chi connectivity index (χ2v) is 5.48. The van der Waals surface area contributed by atoms with Crippen LogP contribution in [-0.4, -0.2) is 73.2 Å². The molecule has 0 aromatic heterocycles. The molecule has 20 heavy (non-hydrogen) atoms. The number of nitrogens with zero attached hydrogens (tertiary/aromatic N) is 2. The van der Waals surface area contributed by atoms with E-state index in [4.69, 9.17) is 9.84 Å². The lowest BCUT2D eigenvalue weighted by atomic mass is 9.99. The van der Waals surface area contributed by atoms with Crippen molar-refractivity contribution in [2.75, 3.05) is 46.4 Å². The van der Waals surface area contributed by atoms with E-state index < -0.39 is 5.97 Å². The molecule has 1 aliphatic heterocycles. The number of likely N-dealkylation sites (tertiary alicyclic amines) is 1. The third-order valence-corrected chi connectivity index (χ3v) is 3.75. The number of ether oxygens (including phenoxy) is 1. The van der Waals surface area contributed by atoms with Crippen molar-refractivity contribution < 1.29 is 19.4 Å². The van der Waals surface area contributed by atoms with Crippen LogP contribution in [0.1, 0.15) is 26.2 Å². The number of methoxy groups -OCH3 is 1. The number of piperidine rings is 1. The molecule has 0 atom stereocenters. The molecule has 6 nitrogen and oxygen atoms in total. The number of rotatable bonds is 8. The van der Waals surface area contributed by atoms with Gasteiger partial charge in [0.2, 0.25) is 5.91 Å². The zero-order valence-corrected chi connectivity index (χ0v) is 12.5. The summed E-state index contributed by atoms with van der Waals surface area (Å²) in [5.74, 6) is -0.0549. The van der Waals surface area contributed by atoms with Crippen LogP contribution in [0.3, 0.4) is 0 Å². The smallest absolute Gasteiger partial charge is 0.304 e. The fraction of sp³-hybridized carbons (Fsp3) is 0.857. The maximum absolute atomic E-state index is 12.2. The maximum atomic E-state index is 12.2. The zero-order chi connectivity index (χ0) is 15.0. The van der Waals surface area contributed by atoms with Gasteiger partial charge in [-0.1, -0.05) is 6.92 Å². The van der Waals surface area contributed by atoms with Crippen molar-refractivity contribution in [3.05, 3.63) is 0 Å². The van der Waals surface area contributed by atoms with Crippen molar-refractivity contribution in [2.45, 2.75) is 26.2 Å². The van der Waals surface area contributed by atoms with Crippen LogP contribution in [0.2, 0.25) is 0 Å². The summed E-state index contributed by atoms with van der Waals surface area (Å²) in [5.41, 5.74) is 0. The molecule has 0 saturated carbocycles. The summed E-state index contributed by atoms with van der Waals surface area (Å²) in [7, 11) is 1.60. The molecule has 0 radical (unpaired) electrons. The molecule has 0 aromatic rings. The molecule has 1 rings (SSSR count). The summed E-state index contributed by atoms with van der Waals surface area (Å²) in [6, 6.07) is 0. The number of amides is 1. The predicted octanol–water partition coefficient (Wildman–Crippen LogP) is 0.668. The first-order valence-electron chi connectivity index (χ1n) is 7.23. The first-order chi connectivity index (χ1) is 9.52. The quantitative estimate of drug-likeness (QED) is 0.710. The van der Waals surface area contributed by atoms with Gasteiger partial charge >= 0.3 is 5.97 Å². The van der Waals surface area contributed by atoms with E-state index in [2.05, 4.69) is 6.92 Å². The highest BCUT2D eigenvalue weighted by molar-refractivity contribution is 5.78. The Bertz CT molecular complexity index is 314. The summed E-state index contributed by atoms with van der Waals surface area (Å²) in [4.78, 5) is 26.6. The van der Waals surface area contributed by atoms with E-state index >= 15 is 0 Å². The Morgan fingerprint density at radius 3 is 2.50 bits per heavy atom. The average molecular weight is 286 g/mol. The van der Waals surface area contributed by atoms with Crippen LogP contribution >= 0.6 is 0 Å². The molecule has 0 bridgehead atoms. The molecule has 1 aliphatic rings. The number of carboxylic acid groups (broad SMARTS) is 1. The third-order valence-electron chi connectivity index (χ3n) is 3.75. The minimum atomic E-state index is -0.841. The van der Waals surface area contributed by atoms with Crippen LogP contribution in [-0.2, 0) is 14.3 Å².